The highest BCUT2D eigenvalue weighted by Gasteiger charge is 2.23. The molecule has 2 aromatic carbocycles. The van der Waals surface area contributed by atoms with Crippen LogP contribution in [0.1, 0.15) is 34.6 Å². The zero-order chi connectivity index (χ0) is 21.2. The Morgan fingerprint density at radius 3 is 2.74 bits per heavy atom. The third kappa shape index (κ3) is 3.96. The maximum Gasteiger partial charge on any atom is 0.182 e. The van der Waals surface area contributed by atoms with Gasteiger partial charge in [-0.05, 0) is 49.4 Å². The minimum atomic E-state index is -0.284. The highest BCUT2D eigenvalue weighted by atomic mass is 19.1. The topological polar surface area (TPSA) is 65.7 Å². The molecule has 1 aliphatic carbocycles. The smallest absolute Gasteiger partial charge is 0.182 e. The summed E-state index contributed by atoms with van der Waals surface area (Å²) < 4.78 is 21.8. The van der Waals surface area contributed by atoms with Crippen molar-refractivity contribution < 1.29 is 9.13 Å². The maximum atomic E-state index is 14.3. The third-order valence-electron chi connectivity index (χ3n) is 5.48. The number of fused-ring (bicyclic) bond motifs is 1. The number of aromatic nitrogens is 5. The van der Waals surface area contributed by atoms with Gasteiger partial charge in [0.2, 0.25) is 0 Å². The molecule has 0 N–H and O–H groups in total. The van der Waals surface area contributed by atoms with Crippen molar-refractivity contribution in [2.24, 2.45) is 0 Å². The lowest BCUT2D eigenvalue weighted by Gasteiger charge is -2.09. The Balaban J connectivity index is 1.51. The summed E-state index contributed by atoms with van der Waals surface area (Å²) in [5.74, 6) is 0.827. The molecule has 0 bridgehead atoms. The highest BCUT2D eigenvalue weighted by molar-refractivity contribution is 5.60. The quantitative estimate of drug-likeness (QED) is 0.468. The first-order valence-corrected chi connectivity index (χ1v) is 10.4. The molecule has 1 aliphatic rings. The van der Waals surface area contributed by atoms with E-state index < -0.39 is 0 Å². The van der Waals surface area contributed by atoms with Crippen LogP contribution in [-0.4, -0.2) is 24.7 Å². The lowest BCUT2D eigenvalue weighted by Crippen LogP contribution is -2.05. The molecule has 5 rings (SSSR count). The Morgan fingerprint density at radius 1 is 1.03 bits per heavy atom. The molecule has 0 radical (unpaired) electrons. The summed E-state index contributed by atoms with van der Waals surface area (Å²) >= 11 is 0. The number of benzene rings is 2. The van der Waals surface area contributed by atoms with Crippen LogP contribution in [0.2, 0.25) is 0 Å². The van der Waals surface area contributed by atoms with Gasteiger partial charge in [-0.2, -0.15) is 0 Å². The van der Waals surface area contributed by atoms with Crippen molar-refractivity contribution in [3.8, 4) is 17.2 Å². The average Bonchev–Trinajstić information content (AvgIpc) is 3.43. The third-order valence-corrected chi connectivity index (χ3v) is 5.48. The van der Waals surface area contributed by atoms with E-state index in [1.54, 1.807) is 24.0 Å². The number of rotatable bonds is 6. The summed E-state index contributed by atoms with van der Waals surface area (Å²) in [6.07, 6.45) is 4.45. The van der Waals surface area contributed by atoms with E-state index in [2.05, 4.69) is 15.1 Å². The molecule has 0 unspecified atom stereocenters. The molecule has 0 saturated carbocycles. The second-order valence-electron chi connectivity index (χ2n) is 7.68. The number of aryl methyl sites for hydroxylation is 2. The first-order valence-electron chi connectivity index (χ1n) is 10.4. The summed E-state index contributed by atoms with van der Waals surface area (Å²) in [6.45, 7) is 2.45. The Hall–Kier alpha value is -3.45. The van der Waals surface area contributed by atoms with Crippen molar-refractivity contribution in [1.29, 1.82) is 0 Å². The first-order chi connectivity index (χ1) is 15.2. The van der Waals surface area contributed by atoms with E-state index in [9.17, 15) is 4.39 Å². The minimum Gasteiger partial charge on any atom is -0.369 e. The van der Waals surface area contributed by atoms with Crippen molar-refractivity contribution in [1.82, 2.24) is 24.7 Å². The molecule has 0 saturated heterocycles. The molecular weight excluding hydrogens is 393 g/mol. The van der Waals surface area contributed by atoms with Crippen LogP contribution in [0, 0.1) is 12.7 Å². The molecule has 0 spiro atoms. The molecule has 0 aliphatic heterocycles. The summed E-state index contributed by atoms with van der Waals surface area (Å²) in [7, 11) is 0. The molecular formula is C24H22FN5O. The largest absolute Gasteiger partial charge is 0.369 e. The lowest BCUT2D eigenvalue weighted by atomic mass is 10.1. The Morgan fingerprint density at radius 2 is 1.90 bits per heavy atom. The van der Waals surface area contributed by atoms with Gasteiger partial charge in [0.15, 0.2) is 11.6 Å². The summed E-state index contributed by atoms with van der Waals surface area (Å²) in [5.41, 5.74) is 5.17. The number of hydrogen-bond acceptors (Lipinski definition) is 5. The summed E-state index contributed by atoms with van der Waals surface area (Å²) in [4.78, 5) is 13.7. The summed E-state index contributed by atoms with van der Waals surface area (Å²) in [6, 6.07) is 15.0. The van der Waals surface area contributed by atoms with E-state index in [0.29, 0.717) is 29.5 Å². The molecule has 2 aromatic heterocycles. The monoisotopic (exact) mass is 415 g/mol. The fourth-order valence-corrected chi connectivity index (χ4v) is 3.85. The van der Waals surface area contributed by atoms with Crippen LogP contribution in [0.15, 0.2) is 54.9 Å². The molecule has 7 heteroatoms. The number of nitrogens with zero attached hydrogens (tertiary/aromatic N) is 5. The fraction of sp³-hybridized carbons (Fsp3) is 0.250. The van der Waals surface area contributed by atoms with Gasteiger partial charge in [0.25, 0.3) is 0 Å². The molecule has 4 aromatic rings. The zero-order valence-corrected chi connectivity index (χ0v) is 17.3. The number of hydrogen-bond donors (Lipinski definition) is 0. The first kappa shape index (κ1) is 19.5. The molecule has 156 valence electrons. The predicted octanol–water partition coefficient (Wildman–Crippen LogP) is 4.38. The van der Waals surface area contributed by atoms with E-state index in [1.165, 1.54) is 6.07 Å². The SMILES string of the molecule is Cc1ccc(-n2nc(COCc3ccccc3)nc2-c2ncnc3c2CCC3)cc1F. The van der Waals surface area contributed by atoms with Crippen LogP contribution in [0.25, 0.3) is 17.2 Å². The van der Waals surface area contributed by atoms with E-state index in [0.717, 1.165) is 41.8 Å². The predicted molar refractivity (Wildman–Crippen MR) is 114 cm³/mol. The zero-order valence-electron chi connectivity index (χ0n) is 17.3. The van der Waals surface area contributed by atoms with Crippen molar-refractivity contribution in [2.75, 3.05) is 0 Å². The minimum absolute atomic E-state index is 0.247. The van der Waals surface area contributed by atoms with Crippen LogP contribution in [0.4, 0.5) is 4.39 Å². The molecule has 31 heavy (non-hydrogen) atoms. The van der Waals surface area contributed by atoms with Gasteiger partial charge in [-0.3, -0.25) is 0 Å². The van der Waals surface area contributed by atoms with E-state index in [4.69, 9.17) is 9.72 Å². The van der Waals surface area contributed by atoms with Gasteiger partial charge < -0.3 is 4.74 Å². The van der Waals surface area contributed by atoms with E-state index in [1.807, 2.05) is 36.4 Å². The van der Waals surface area contributed by atoms with E-state index in [-0.39, 0.29) is 12.4 Å². The van der Waals surface area contributed by atoms with Gasteiger partial charge in [-0.25, -0.2) is 24.0 Å². The second kappa shape index (κ2) is 8.35. The Labute approximate surface area is 179 Å². The van der Waals surface area contributed by atoms with E-state index >= 15 is 0 Å². The molecule has 0 fully saturated rings. The standard InChI is InChI=1S/C24H22FN5O/c1-16-10-11-18(12-20(16)25)30-24(23-19-8-5-9-21(19)26-15-27-23)28-22(29-30)14-31-13-17-6-3-2-4-7-17/h2-4,6-7,10-12,15H,5,8-9,13-14H2,1H3. The lowest BCUT2D eigenvalue weighted by molar-refractivity contribution is 0.102. The summed E-state index contributed by atoms with van der Waals surface area (Å²) in [5, 5.41) is 4.64. The van der Waals surface area contributed by atoms with Gasteiger partial charge in [-0.1, -0.05) is 36.4 Å². The van der Waals surface area contributed by atoms with Crippen molar-refractivity contribution in [2.45, 2.75) is 39.4 Å². The normalized spacial score (nSPS) is 12.8. The second-order valence-corrected chi connectivity index (χ2v) is 7.68. The highest BCUT2D eigenvalue weighted by Crippen LogP contribution is 2.30. The Bertz CT molecular complexity index is 1220. The van der Waals surface area contributed by atoms with Crippen LogP contribution >= 0.6 is 0 Å². The van der Waals surface area contributed by atoms with Gasteiger partial charge in [0.1, 0.15) is 24.4 Å². The van der Waals surface area contributed by atoms with Gasteiger partial charge in [-0.15, -0.1) is 5.10 Å². The molecule has 2 heterocycles. The molecule has 0 atom stereocenters. The van der Waals surface area contributed by atoms with Gasteiger partial charge in [0, 0.05) is 11.3 Å². The fourth-order valence-electron chi connectivity index (χ4n) is 3.85. The van der Waals surface area contributed by atoms with Crippen molar-refractivity contribution >= 4 is 0 Å². The van der Waals surface area contributed by atoms with Gasteiger partial charge >= 0.3 is 0 Å². The average molecular weight is 415 g/mol. The van der Waals surface area contributed by atoms with Crippen molar-refractivity contribution in [3.63, 3.8) is 0 Å². The number of ether oxygens (including phenoxy) is 1. The molecule has 0 amide bonds. The van der Waals surface area contributed by atoms with Crippen LogP contribution in [0.5, 0.6) is 0 Å². The van der Waals surface area contributed by atoms with Crippen LogP contribution < -0.4 is 0 Å². The maximum absolute atomic E-state index is 14.3. The number of halogens is 1. The van der Waals surface area contributed by atoms with Crippen LogP contribution in [0.3, 0.4) is 0 Å². The Kier molecular flexibility index (Phi) is 5.26. The van der Waals surface area contributed by atoms with Crippen LogP contribution in [-0.2, 0) is 30.8 Å². The molecule has 6 nitrogen and oxygen atoms in total. The van der Waals surface area contributed by atoms with Crippen molar-refractivity contribution in [3.05, 3.63) is 88.9 Å². The van der Waals surface area contributed by atoms with Gasteiger partial charge in [0.05, 0.1) is 12.3 Å².